The molecule has 1 fully saturated rings. The Morgan fingerprint density at radius 1 is 1.07 bits per heavy atom. The van der Waals surface area contributed by atoms with Crippen LogP contribution in [0.3, 0.4) is 0 Å². The molecular formula is C22H24N2O4. The Bertz CT molecular complexity index is 880. The number of fused-ring (bicyclic) bond motifs is 2. The molecule has 1 saturated heterocycles. The molecule has 28 heavy (non-hydrogen) atoms. The molecule has 0 radical (unpaired) electrons. The van der Waals surface area contributed by atoms with Crippen LogP contribution in [0.1, 0.15) is 30.4 Å². The second-order valence-corrected chi connectivity index (χ2v) is 7.18. The normalized spacial score (nSPS) is 20.8. The molecule has 4 rings (SSSR count). The Morgan fingerprint density at radius 3 is 2.61 bits per heavy atom. The number of ether oxygens (including phenoxy) is 2. The highest BCUT2D eigenvalue weighted by Gasteiger charge is 2.53. The first kappa shape index (κ1) is 18.3. The molecule has 2 aromatic rings. The van der Waals surface area contributed by atoms with Crippen LogP contribution in [0.15, 0.2) is 48.5 Å². The van der Waals surface area contributed by atoms with E-state index in [1.54, 1.807) is 7.11 Å². The minimum Gasteiger partial charge on any atom is -0.497 e. The summed E-state index contributed by atoms with van der Waals surface area (Å²) in [5, 5.41) is 2.98. The van der Waals surface area contributed by atoms with Crippen molar-refractivity contribution < 1.29 is 19.1 Å². The van der Waals surface area contributed by atoms with E-state index < -0.39 is 5.54 Å². The van der Waals surface area contributed by atoms with Gasteiger partial charge in [-0.1, -0.05) is 24.3 Å². The van der Waals surface area contributed by atoms with Crippen LogP contribution in [-0.2, 0) is 16.8 Å². The number of nitrogens with one attached hydrogen (secondary N) is 1. The summed E-state index contributed by atoms with van der Waals surface area (Å²) in [5.41, 5.74) is 1.19. The van der Waals surface area contributed by atoms with Gasteiger partial charge in [0, 0.05) is 6.54 Å². The molecule has 146 valence electrons. The highest BCUT2D eigenvalue weighted by Crippen LogP contribution is 2.39. The number of rotatable bonds is 6. The number of carbonyl (C=O) groups is 2. The van der Waals surface area contributed by atoms with Gasteiger partial charge in [-0.25, -0.2) is 4.79 Å². The lowest BCUT2D eigenvalue weighted by Gasteiger charge is -2.33. The number of nitrogens with zero attached hydrogens (tertiary/aromatic N) is 1. The van der Waals surface area contributed by atoms with Gasteiger partial charge in [-0.3, -0.25) is 9.69 Å². The van der Waals surface area contributed by atoms with Crippen molar-refractivity contribution in [1.29, 1.82) is 0 Å². The van der Waals surface area contributed by atoms with Crippen LogP contribution in [-0.4, -0.2) is 37.1 Å². The molecule has 1 aliphatic heterocycles. The summed E-state index contributed by atoms with van der Waals surface area (Å²) in [6, 6.07) is 14.9. The Morgan fingerprint density at radius 2 is 1.82 bits per heavy atom. The lowest BCUT2D eigenvalue weighted by atomic mass is 9.76. The van der Waals surface area contributed by atoms with Crippen molar-refractivity contribution in [2.45, 2.75) is 31.2 Å². The second kappa shape index (κ2) is 7.54. The fraction of sp³-hybridized carbons (Fsp3) is 0.364. The molecule has 1 N–H and O–H groups in total. The molecule has 6 heteroatoms. The van der Waals surface area contributed by atoms with Gasteiger partial charge in [-0.05, 0) is 61.1 Å². The summed E-state index contributed by atoms with van der Waals surface area (Å²) in [6.07, 6.45) is 3.05. The molecule has 0 aromatic heterocycles. The zero-order chi connectivity index (χ0) is 19.6. The number of urea groups is 1. The summed E-state index contributed by atoms with van der Waals surface area (Å²) in [4.78, 5) is 27.1. The first-order valence-corrected chi connectivity index (χ1v) is 9.63. The van der Waals surface area contributed by atoms with Crippen LogP contribution < -0.4 is 14.8 Å². The largest absolute Gasteiger partial charge is 0.497 e. The quantitative estimate of drug-likeness (QED) is 0.617. The van der Waals surface area contributed by atoms with E-state index in [-0.39, 0.29) is 11.9 Å². The van der Waals surface area contributed by atoms with Crippen molar-refractivity contribution in [1.82, 2.24) is 10.2 Å². The number of amides is 3. The van der Waals surface area contributed by atoms with Gasteiger partial charge < -0.3 is 14.8 Å². The highest BCUT2D eigenvalue weighted by atomic mass is 16.5. The van der Waals surface area contributed by atoms with Gasteiger partial charge in [0.15, 0.2) is 0 Å². The van der Waals surface area contributed by atoms with Crippen LogP contribution in [0, 0.1) is 0 Å². The highest BCUT2D eigenvalue weighted by molar-refractivity contribution is 6.07. The van der Waals surface area contributed by atoms with Gasteiger partial charge in [-0.2, -0.15) is 0 Å². The number of hydrogen-bond acceptors (Lipinski definition) is 4. The molecule has 1 aliphatic carbocycles. The lowest BCUT2D eigenvalue weighted by Crippen LogP contribution is -2.46. The third-order valence-corrected chi connectivity index (χ3v) is 5.50. The third kappa shape index (κ3) is 3.19. The fourth-order valence-electron chi connectivity index (χ4n) is 4.10. The lowest BCUT2D eigenvalue weighted by molar-refractivity contribution is -0.132. The van der Waals surface area contributed by atoms with Crippen LogP contribution >= 0.6 is 0 Å². The Labute approximate surface area is 164 Å². The van der Waals surface area contributed by atoms with E-state index in [9.17, 15) is 9.59 Å². The Hall–Kier alpha value is -3.02. The fourth-order valence-corrected chi connectivity index (χ4v) is 4.10. The standard InChI is InChI=1S/C22H24N2O4/c1-27-17-9-11-18(12-10-17)28-15-5-14-24-20(25)22(23-21(24)26)13-4-7-16-6-2-3-8-19(16)22/h2-3,6,8-12H,4-5,7,13-15H2,1H3,(H,23,26)/t22-/m0/s1. The van der Waals surface area contributed by atoms with E-state index >= 15 is 0 Å². The van der Waals surface area contributed by atoms with Crippen molar-refractivity contribution in [2.24, 2.45) is 0 Å². The predicted molar refractivity (Wildman–Crippen MR) is 104 cm³/mol. The van der Waals surface area contributed by atoms with Crippen LogP contribution in [0.25, 0.3) is 0 Å². The molecule has 0 unspecified atom stereocenters. The molecule has 1 heterocycles. The van der Waals surface area contributed by atoms with Crippen molar-refractivity contribution in [3.05, 3.63) is 59.7 Å². The minimum absolute atomic E-state index is 0.144. The topological polar surface area (TPSA) is 67.9 Å². The van der Waals surface area contributed by atoms with Gasteiger partial charge in [0.05, 0.1) is 13.7 Å². The summed E-state index contributed by atoms with van der Waals surface area (Å²) in [6.45, 7) is 0.762. The van der Waals surface area contributed by atoms with Crippen LogP contribution in [0.2, 0.25) is 0 Å². The number of methoxy groups -OCH3 is 1. The number of aryl methyl sites for hydroxylation is 1. The van der Waals surface area contributed by atoms with E-state index in [1.165, 1.54) is 4.90 Å². The van der Waals surface area contributed by atoms with Crippen LogP contribution in [0.5, 0.6) is 11.5 Å². The van der Waals surface area contributed by atoms with Gasteiger partial charge in [0.1, 0.15) is 17.0 Å². The van der Waals surface area contributed by atoms with Crippen molar-refractivity contribution in [2.75, 3.05) is 20.3 Å². The van der Waals surface area contributed by atoms with Gasteiger partial charge in [0.2, 0.25) is 0 Å². The maximum Gasteiger partial charge on any atom is 0.325 e. The first-order chi connectivity index (χ1) is 13.6. The van der Waals surface area contributed by atoms with E-state index in [1.807, 2.05) is 48.5 Å². The number of benzene rings is 2. The minimum atomic E-state index is -0.900. The smallest absolute Gasteiger partial charge is 0.325 e. The average molecular weight is 380 g/mol. The molecule has 2 aliphatic rings. The molecule has 6 nitrogen and oxygen atoms in total. The first-order valence-electron chi connectivity index (χ1n) is 9.63. The maximum atomic E-state index is 13.2. The third-order valence-electron chi connectivity index (χ3n) is 5.50. The van der Waals surface area contributed by atoms with Gasteiger partial charge in [0.25, 0.3) is 5.91 Å². The molecule has 3 amide bonds. The molecule has 0 bridgehead atoms. The molecule has 2 aromatic carbocycles. The Balaban J connectivity index is 1.38. The molecular weight excluding hydrogens is 356 g/mol. The SMILES string of the molecule is COc1ccc(OCCCN2C(=O)N[C@]3(CCCc4ccccc43)C2=O)cc1. The number of carbonyl (C=O) groups excluding carboxylic acids is 2. The van der Waals surface area contributed by atoms with Gasteiger partial charge >= 0.3 is 6.03 Å². The van der Waals surface area contributed by atoms with Crippen molar-refractivity contribution in [3.8, 4) is 11.5 Å². The average Bonchev–Trinajstić information content (AvgIpc) is 2.96. The zero-order valence-corrected chi connectivity index (χ0v) is 15.9. The number of imide groups is 1. The van der Waals surface area contributed by atoms with Crippen molar-refractivity contribution >= 4 is 11.9 Å². The van der Waals surface area contributed by atoms with Crippen LogP contribution in [0.4, 0.5) is 4.79 Å². The summed E-state index contributed by atoms with van der Waals surface area (Å²) >= 11 is 0. The zero-order valence-electron chi connectivity index (χ0n) is 15.9. The molecule has 1 atom stereocenters. The van der Waals surface area contributed by atoms with E-state index in [4.69, 9.17) is 9.47 Å². The van der Waals surface area contributed by atoms with Gasteiger partial charge in [-0.15, -0.1) is 0 Å². The van der Waals surface area contributed by atoms with E-state index in [0.717, 1.165) is 35.5 Å². The Kier molecular flexibility index (Phi) is 4.94. The summed E-state index contributed by atoms with van der Waals surface area (Å²) in [5.74, 6) is 1.36. The predicted octanol–water partition coefficient (Wildman–Crippen LogP) is 3.25. The molecule has 1 spiro atoms. The maximum absolute atomic E-state index is 13.2. The van der Waals surface area contributed by atoms with E-state index in [2.05, 4.69) is 5.32 Å². The monoisotopic (exact) mass is 380 g/mol. The number of hydrogen-bond donors (Lipinski definition) is 1. The van der Waals surface area contributed by atoms with E-state index in [0.29, 0.717) is 26.0 Å². The van der Waals surface area contributed by atoms with Crippen molar-refractivity contribution in [3.63, 3.8) is 0 Å². The molecule has 0 saturated carbocycles. The second-order valence-electron chi connectivity index (χ2n) is 7.18. The summed E-state index contributed by atoms with van der Waals surface area (Å²) < 4.78 is 10.8. The summed E-state index contributed by atoms with van der Waals surface area (Å²) in [7, 11) is 1.62.